The van der Waals surface area contributed by atoms with Crippen LogP contribution in [0.5, 0.6) is 5.75 Å². The van der Waals surface area contributed by atoms with E-state index in [4.69, 9.17) is 9.47 Å². The summed E-state index contributed by atoms with van der Waals surface area (Å²) in [7, 11) is 2.15. The molecule has 2 aromatic rings. The van der Waals surface area contributed by atoms with Gasteiger partial charge < -0.3 is 19.7 Å². The van der Waals surface area contributed by atoms with Gasteiger partial charge in [0, 0.05) is 24.8 Å². The maximum atomic E-state index is 12.7. The van der Waals surface area contributed by atoms with Crippen molar-refractivity contribution in [1.29, 1.82) is 0 Å². The Labute approximate surface area is 185 Å². The van der Waals surface area contributed by atoms with Gasteiger partial charge in [-0.3, -0.25) is 4.79 Å². The molecule has 0 unspecified atom stereocenters. The molecule has 2 aliphatic rings. The summed E-state index contributed by atoms with van der Waals surface area (Å²) < 4.78 is 11.4. The van der Waals surface area contributed by atoms with Crippen LogP contribution >= 0.6 is 0 Å². The summed E-state index contributed by atoms with van der Waals surface area (Å²) in [5, 5.41) is 3.22. The topological polar surface area (TPSA) is 50.8 Å². The number of fused-ring (bicyclic) bond motifs is 1. The fourth-order valence-corrected chi connectivity index (χ4v) is 4.39. The van der Waals surface area contributed by atoms with Gasteiger partial charge in [0.2, 0.25) is 0 Å². The highest BCUT2D eigenvalue weighted by molar-refractivity contribution is 5.94. The molecule has 1 fully saturated rings. The zero-order valence-electron chi connectivity index (χ0n) is 18.7. The number of carbonyl (C=O) groups is 1. The van der Waals surface area contributed by atoms with E-state index in [1.165, 1.54) is 16.7 Å². The van der Waals surface area contributed by atoms with Gasteiger partial charge in [-0.1, -0.05) is 25.1 Å². The lowest BCUT2D eigenvalue weighted by molar-refractivity contribution is 0.0679. The molecule has 0 radical (unpaired) electrons. The van der Waals surface area contributed by atoms with Crippen LogP contribution in [0.3, 0.4) is 0 Å². The summed E-state index contributed by atoms with van der Waals surface area (Å²) >= 11 is 0. The molecule has 0 aromatic heterocycles. The predicted octanol–water partition coefficient (Wildman–Crippen LogP) is 3.98. The highest BCUT2D eigenvalue weighted by Gasteiger charge is 2.21. The molecule has 1 N–H and O–H groups in total. The number of hydrogen-bond donors (Lipinski definition) is 1. The van der Waals surface area contributed by atoms with Crippen molar-refractivity contribution in [2.75, 3.05) is 26.8 Å². The number of aryl methyl sites for hydroxylation is 1. The van der Waals surface area contributed by atoms with Crippen LogP contribution in [0.4, 0.5) is 0 Å². The highest BCUT2D eigenvalue weighted by Crippen LogP contribution is 2.24. The molecule has 166 valence electrons. The van der Waals surface area contributed by atoms with Crippen molar-refractivity contribution in [3.63, 3.8) is 0 Å². The van der Waals surface area contributed by atoms with Gasteiger partial charge in [-0.2, -0.15) is 0 Å². The van der Waals surface area contributed by atoms with Gasteiger partial charge in [-0.15, -0.1) is 0 Å². The average molecular weight is 423 g/mol. The maximum absolute atomic E-state index is 12.7. The Balaban J connectivity index is 1.29. The SMILES string of the molecule is CCN(C)Cc1ccc2c(c1)CC[C@H](NC(=O)c1ccc(OC[C@@H]3CCCO3)cc1)C2. The van der Waals surface area contributed by atoms with Crippen LogP contribution in [0.1, 0.15) is 53.2 Å². The number of hydrogen-bond acceptors (Lipinski definition) is 4. The van der Waals surface area contributed by atoms with Crippen molar-refractivity contribution >= 4 is 5.91 Å². The molecular formula is C26H34N2O3. The van der Waals surface area contributed by atoms with E-state index in [0.717, 1.165) is 57.6 Å². The molecule has 1 heterocycles. The minimum Gasteiger partial charge on any atom is -0.491 e. The molecule has 31 heavy (non-hydrogen) atoms. The first-order valence-corrected chi connectivity index (χ1v) is 11.5. The van der Waals surface area contributed by atoms with E-state index in [1.54, 1.807) is 0 Å². The van der Waals surface area contributed by atoms with Gasteiger partial charge >= 0.3 is 0 Å². The van der Waals surface area contributed by atoms with Gasteiger partial charge in [0.25, 0.3) is 5.91 Å². The minimum atomic E-state index is -0.0136. The van der Waals surface area contributed by atoms with E-state index in [0.29, 0.717) is 12.2 Å². The molecule has 2 aromatic carbocycles. The highest BCUT2D eigenvalue weighted by atomic mass is 16.5. The van der Waals surface area contributed by atoms with Gasteiger partial charge in [0.05, 0.1) is 6.10 Å². The smallest absolute Gasteiger partial charge is 0.251 e. The summed E-state index contributed by atoms with van der Waals surface area (Å²) in [6, 6.07) is 14.4. The monoisotopic (exact) mass is 422 g/mol. The number of nitrogens with one attached hydrogen (secondary N) is 1. The molecule has 1 aliphatic carbocycles. The second kappa shape index (κ2) is 10.3. The average Bonchev–Trinajstić information content (AvgIpc) is 3.31. The van der Waals surface area contributed by atoms with Crippen LogP contribution in [-0.2, 0) is 24.1 Å². The molecular weight excluding hydrogens is 388 g/mol. The normalized spacial score (nSPS) is 20.5. The van der Waals surface area contributed by atoms with Crippen molar-refractivity contribution in [2.45, 2.75) is 57.7 Å². The van der Waals surface area contributed by atoms with Gasteiger partial charge in [-0.25, -0.2) is 0 Å². The first kappa shape index (κ1) is 21.8. The van der Waals surface area contributed by atoms with Crippen LogP contribution in [-0.4, -0.2) is 49.8 Å². The number of rotatable bonds is 8. The quantitative estimate of drug-likeness (QED) is 0.699. The maximum Gasteiger partial charge on any atom is 0.251 e. The lowest BCUT2D eigenvalue weighted by atomic mass is 9.87. The lowest BCUT2D eigenvalue weighted by Gasteiger charge is -2.26. The Kier molecular flexibility index (Phi) is 7.25. The van der Waals surface area contributed by atoms with Crippen molar-refractivity contribution in [3.8, 4) is 5.75 Å². The molecule has 1 aliphatic heterocycles. The zero-order chi connectivity index (χ0) is 21.6. The summed E-state index contributed by atoms with van der Waals surface area (Å²) in [5.41, 5.74) is 4.83. The summed E-state index contributed by atoms with van der Waals surface area (Å²) in [4.78, 5) is 15.0. The zero-order valence-corrected chi connectivity index (χ0v) is 18.7. The van der Waals surface area contributed by atoms with E-state index >= 15 is 0 Å². The Hall–Kier alpha value is -2.37. The Morgan fingerprint density at radius 2 is 2.00 bits per heavy atom. The summed E-state index contributed by atoms with van der Waals surface area (Å²) in [6.07, 6.45) is 5.25. The van der Waals surface area contributed by atoms with E-state index < -0.39 is 0 Å². The third-order valence-electron chi connectivity index (χ3n) is 6.40. The molecule has 1 saturated heterocycles. The van der Waals surface area contributed by atoms with E-state index in [9.17, 15) is 4.79 Å². The molecule has 5 heteroatoms. The van der Waals surface area contributed by atoms with Crippen LogP contribution < -0.4 is 10.1 Å². The van der Waals surface area contributed by atoms with Crippen LogP contribution in [0.25, 0.3) is 0 Å². The Morgan fingerprint density at radius 1 is 1.16 bits per heavy atom. The number of benzene rings is 2. The first-order valence-electron chi connectivity index (χ1n) is 11.5. The minimum absolute atomic E-state index is 0.0136. The van der Waals surface area contributed by atoms with Crippen LogP contribution in [0.2, 0.25) is 0 Å². The van der Waals surface area contributed by atoms with Crippen LogP contribution in [0.15, 0.2) is 42.5 Å². The molecule has 0 bridgehead atoms. The largest absolute Gasteiger partial charge is 0.491 e. The molecule has 0 saturated carbocycles. The number of carbonyl (C=O) groups excluding carboxylic acids is 1. The predicted molar refractivity (Wildman–Crippen MR) is 123 cm³/mol. The van der Waals surface area contributed by atoms with Crippen molar-refractivity contribution in [1.82, 2.24) is 10.2 Å². The van der Waals surface area contributed by atoms with Gasteiger partial charge in [0.1, 0.15) is 12.4 Å². The van der Waals surface area contributed by atoms with Crippen molar-refractivity contribution in [3.05, 3.63) is 64.7 Å². The second-order valence-corrected chi connectivity index (χ2v) is 8.82. The Morgan fingerprint density at radius 3 is 2.74 bits per heavy atom. The van der Waals surface area contributed by atoms with E-state index in [2.05, 4.69) is 42.4 Å². The molecule has 2 atom stereocenters. The standard InChI is InChI=1S/C26H34N2O3/c1-3-28(2)17-19-6-7-22-16-23(11-8-21(22)15-19)27-26(29)20-9-12-24(13-10-20)31-18-25-5-4-14-30-25/h6-7,9-10,12-13,15,23,25H,3-5,8,11,14,16-18H2,1-2H3,(H,27,29)/t23-,25-/m0/s1. The van der Waals surface area contributed by atoms with Gasteiger partial charge in [0.15, 0.2) is 0 Å². The summed E-state index contributed by atoms with van der Waals surface area (Å²) in [6.45, 7) is 5.61. The number of nitrogens with zero attached hydrogens (tertiary/aromatic N) is 1. The molecule has 5 nitrogen and oxygen atoms in total. The fourth-order valence-electron chi connectivity index (χ4n) is 4.39. The molecule has 4 rings (SSSR count). The van der Waals surface area contributed by atoms with Gasteiger partial charge in [-0.05, 0) is 86.7 Å². The van der Waals surface area contributed by atoms with Crippen molar-refractivity contribution < 1.29 is 14.3 Å². The first-order chi connectivity index (χ1) is 15.1. The third-order valence-corrected chi connectivity index (χ3v) is 6.40. The third kappa shape index (κ3) is 5.86. The summed E-state index contributed by atoms with van der Waals surface area (Å²) in [5.74, 6) is 0.767. The molecule has 1 amide bonds. The molecule has 0 spiro atoms. The Bertz CT molecular complexity index is 875. The number of ether oxygens (including phenoxy) is 2. The van der Waals surface area contributed by atoms with E-state index in [-0.39, 0.29) is 18.1 Å². The number of amides is 1. The van der Waals surface area contributed by atoms with Crippen LogP contribution in [0, 0.1) is 0 Å². The lowest BCUT2D eigenvalue weighted by Crippen LogP contribution is -2.38. The fraction of sp³-hybridized carbons (Fsp3) is 0.500. The van der Waals surface area contributed by atoms with E-state index in [1.807, 2.05) is 24.3 Å². The second-order valence-electron chi connectivity index (χ2n) is 8.82. The van der Waals surface area contributed by atoms with Crippen molar-refractivity contribution in [2.24, 2.45) is 0 Å².